The molecule has 0 fully saturated rings. The molecule has 6 N–H and O–H groups in total. The molecule has 0 bridgehead atoms. The minimum atomic E-state index is -0.656. The summed E-state index contributed by atoms with van der Waals surface area (Å²) in [5, 5.41) is 18.9. The van der Waals surface area contributed by atoms with Crippen molar-refractivity contribution in [1.29, 1.82) is 0 Å². The Hall–Kier alpha value is 0.540. The summed E-state index contributed by atoms with van der Waals surface area (Å²) >= 11 is 0. The molecule has 0 saturated carbocycles. The fourth-order valence-corrected chi connectivity index (χ4v) is 2.88. The van der Waals surface area contributed by atoms with Gasteiger partial charge in [0.05, 0.1) is 12.2 Å². The Kier molecular flexibility index (Phi) is 10.5. The van der Waals surface area contributed by atoms with Crippen LogP contribution in [0.15, 0.2) is 0 Å². The molecule has 6 heteroatoms. The average molecular weight is 240 g/mol. The Labute approximate surface area is 93.2 Å². The summed E-state index contributed by atoms with van der Waals surface area (Å²) in [6, 6.07) is 0. The number of hydrogen-bond acceptors (Lipinski definition) is 6. The first kappa shape index (κ1) is 14.5. The lowest BCUT2D eigenvalue weighted by Crippen LogP contribution is -2.28. The van der Waals surface area contributed by atoms with Crippen LogP contribution in [0.4, 0.5) is 0 Å². The second-order valence-electron chi connectivity index (χ2n) is 2.96. The van der Waals surface area contributed by atoms with E-state index in [1.165, 1.54) is 0 Å². The molecule has 2 unspecified atom stereocenters. The Morgan fingerprint density at radius 1 is 1.00 bits per heavy atom. The molecule has 14 heavy (non-hydrogen) atoms. The van der Waals surface area contributed by atoms with Crippen LogP contribution in [-0.4, -0.2) is 47.0 Å². The summed E-state index contributed by atoms with van der Waals surface area (Å²) in [6.45, 7) is 1.20. The molecule has 0 spiro atoms. The molecule has 2 atom stereocenters. The van der Waals surface area contributed by atoms with Gasteiger partial charge in [-0.3, -0.25) is 0 Å². The Morgan fingerprint density at radius 3 is 2.29 bits per heavy atom. The molecule has 0 amide bonds. The van der Waals surface area contributed by atoms with Gasteiger partial charge in [0.2, 0.25) is 0 Å². The predicted octanol–water partition coefficient (Wildman–Crippen LogP) is -0.213. The van der Waals surface area contributed by atoms with Crippen molar-refractivity contribution >= 4 is 21.6 Å². The molecule has 0 aromatic rings. The lowest BCUT2D eigenvalue weighted by molar-refractivity contribution is 0.0285. The smallest absolute Gasteiger partial charge is 0.0897 e. The highest BCUT2D eigenvalue weighted by Gasteiger charge is 2.15. The van der Waals surface area contributed by atoms with Crippen LogP contribution in [-0.2, 0) is 0 Å². The Morgan fingerprint density at radius 2 is 1.71 bits per heavy atom. The van der Waals surface area contributed by atoms with Crippen LogP contribution in [0.3, 0.4) is 0 Å². The van der Waals surface area contributed by atoms with Gasteiger partial charge in [-0.25, -0.2) is 0 Å². The summed E-state index contributed by atoms with van der Waals surface area (Å²) < 4.78 is 0. The van der Waals surface area contributed by atoms with E-state index in [0.717, 1.165) is 12.2 Å². The van der Waals surface area contributed by atoms with Crippen molar-refractivity contribution in [3.05, 3.63) is 0 Å². The highest BCUT2D eigenvalue weighted by atomic mass is 33.1. The third-order valence-electron chi connectivity index (χ3n) is 1.67. The minimum Gasteiger partial charge on any atom is -0.390 e. The zero-order chi connectivity index (χ0) is 10.8. The molecule has 0 aromatic heterocycles. The van der Waals surface area contributed by atoms with Gasteiger partial charge < -0.3 is 21.7 Å². The maximum Gasteiger partial charge on any atom is 0.0897 e. The van der Waals surface area contributed by atoms with Gasteiger partial charge in [-0.2, -0.15) is 0 Å². The van der Waals surface area contributed by atoms with Crippen LogP contribution in [0.2, 0.25) is 0 Å². The van der Waals surface area contributed by atoms with Crippen LogP contribution in [0.1, 0.15) is 12.8 Å². The quantitative estimate of drug-likeness (QED) is 0.329. The van der Waals surface area contributed by atoms with E-state index in [-0.39, 0.29) is 0 Å². The SMILES string of the molecule is NCCCC(O)C(O)CSSCCN. The number of hydrogen-bond donors (Lipinski definition) is 4. The van der Waals surface area contributed by atoms with Crippen molar-refractivity contribution in [2.75, 3.05) is 24.6 Å². The fraction of sp³-hybridized carbons (Fsp3) is 1.00. The molecule has 4 nitrogen and oxygen atoms in total. The van der Waals surface area contributed by atoms with Gasteiger partial charge in [-0.1, -0.05) is 21.6 Å². The van der Waals surface area contributed by atoms with E-state index in [4.69, 9.17) is 11.5 Å². The number of aliphatic hydroxyl groups excluding tert-OH is 2. The predicted molar refractivity (Wildman–Crippen MR) is 64.3 cm³/mol. The summed E-state index contributed by atoms with van der Waals surface area (Å²) in [6.07, 6.45) is 0.0138. The van der Waals surface area contributed by atoms with Crippen LogP contribution in [0.25, 0.3) is 0 Å². The second-order valence-corrected chi connectivity index (χ2v) is 5.59. The van der Waals surface area contributed by atoms with Crippen molar-refractivity contribution < 1.29 is 10.2 Å². The molecule has 86 valence electrons. The lowest BCUT2D eigenvalue weighted by Gasteiger charge is -2.16. The Bertz CT molecular complexity index is 130. The average Bonchev–Trinajstić information content (AvgIpc) is 2.20. The minimum absolute atomic E-state index is 0.538. The van der Waals surface area contributed by atoms with Gasteiger partial charge in [0.15, 0.2) is 0 Å². The topological polar surface area (TPSA) is 92.5 Å². The molecule has 0 radical (unpaired) electrons. The van der Waals surface area contributed by atoms with E-state index in [9.17, 15) is 10.2 Å². The van der Waals surface area contributed by atoms with Crippen LogP contribution in [0.5, 0.6) is 0 Å². The first-order valence-electron chi connectivity index (χ1n) is 4.73. The highest BCUT2D eigenvalue weighted by Crippen LogP contribution is 2.22. The second kappa shape index (κ2) is 10.1. The monoisotopic (exact) mass is 240 g/mol. The van der Waals surface area contributed by atoms with Crippen molar-refractivity contribution in [3.8, 4) is 0 Å². The third kappa shape index (κ3) is 7.90. The van der Waals surface area contributed by atoms with Crippen molar-refractivity contribution in [1.82, 2.24) is 0 Å². The number of aliphatic hydroxyl groups is 2. The van der Waals surface area contributed by atoms with E-state index in [0.29, 0.717) is 25.3 Å². The van der Waals surface area contributed by atoms with Gasteiger partial charge >= 0.3 is 0 Å². The van der Waals surface area contributed by atoms with Gasteiger partial charge in [0.1, 0.15) is 0 Å². The maximum absolute atomic E-state index is 9.49. The highest BCUT2D eigenvalue weighted by molar-refractivity contribution is 8.76. The molecule has 0 aliphatic heterocycles. The Balaban J connectivity index is 3.36. The number of rotatable bonds is 9. The van der Waals surface area contributed by atoms with E-state index in [2.05, 4.69) is 0 Å². The third-order valence-corrected chi connectivity index (χ3v) is 4.13. The maximum atomic E-state index is 9.49. The van der Waals surface area contributed by atoms with Crippen molar-refractivity contribution in [3.63, 3.8) is 0 Å². The summed E-state index contributed by atoms with van der Waals surface area (Å²) in [5.41, 5.74) is 10.6. The van der Waals surface area contributed by atoms with Crippen LogP contribution < -0.4 is 11.5 Å². The summed E-state index contributed by atoms with van der Waals surface area (Å²) in [4.78, 5) is 0. The van der Waals surface area contributed by atoms with Gasteiger partial charge in [-0.15, -0.1) is 0 Å². The normalized spacial score (nSPS) is 15.4. The van der Waals surface area contributed by atoms with Crippen molar-refractivity contribution in [2.45, 2.75) is 25.0 Å². The molecule has 0 heterocycles. The zero-order valence-electron chi connectivity index (χ0n) is 8.26. The summed E-state index contributed by atoms with van der Waals surface area (Å²) in [7, 11) is 3.16. The molecule has 0 saturated heterocycles. The van der Waals surface area contributed by atoms with E-state index in [1.54, 1.807) is 21.6 Å². The molecular weight excluding hydrogens is 220 g/mol. The number of nitrogens with two attached hydrogens (primary N) is 2. The van der Waals surface area contributed by atoms with Gasteiger partial charge in [0.25, 0.3) is 0 Å². The molecule has 0 rings (SSSR count). The largest absolute Gasteiger partial charge is 0.390 e. The summed E-state index contributed by atoms with van der Waals surface area (Å²) in [5.74, 6) is 1.41. The first-order chi connectivity index (χ1) is 6.72. The lowest BCUT2D eigenvalue weighted by atomic mass is 10.1. The van der Waals surface area contributed by atoms with Gasteiger partial charge in [0, 0.05) is 18.1 Å². The first-order valence-corrected chi connectivity index (χ1v) is 7.21. The van der Waals surface area contributed by atoms with E-state index >= 15 is 0 Å². The molecule has 0 aliphatic rings. The van der Waals surface area contributed by atoms with E-state index in [1.807, 2.05) is 0 Å². The fourth-order valence-electron chi connectivity index (χ4n) is 0.855. The zero-order valence-corrected chi connectivity index (χ0v) is 9.90. The van der Waals surface area contributed by atoms with Crippen molar-refractivity contribution in [2.24, 2.45) is 11.5 Å². The van der Waals surface area contributed by atoms with Gasteiger partial charge in [-0.05, 0) is 19.4 Å². The standard InChI is InChI=1S/C8H20N2O2S2/c9-3-1-2-7(11)8(12)6-14-13-5-4-10/h7-8,11-12H,1-6,9-10H2. The van der Waals surface area contributed by atoms with Crippen LogP contribution >= 0.6 is 21.6 Å². The molecular formula is C8H20N2O2S2. The molecule has 0 aromatic carbocycles. The van der Waals surface area contributed by atoms with E-state index < -0.39 is 12.2 Å². The molecule has 0 aliphatic carbocycles. The van der Waals surface area contributed by atoms with Crippen LogP contribution in [0, 0.1) is 0 Å².